The summed E-state index contributed by atoms with van der Waals surface area (Å²) in [4.78, 5) is 36.6. The average molecular weight is 426 g/mol. The first-order valence-corrected chi connectivity index (χ1v) is 10.3. The molecule has 1 aliphatic rings. The van der Waals surface area contributed by atoms with E-state index in [1.54, 1.807) is 18.2 Å². The number of nitro benzene ring substituents is 1. The smallest absolute Gasteiger partial charge is 0.293 e. The normalized spacial score (nSPS) is 15.3. The van der Waals surface area contributed by atoms with Crippen LogP contribution >= 0.6 is 11.8 Å². The van der Waals surface area contributed by atoms with Crippen molar-refractivity contribution in [2.45, 2.75) is 26.7 Å². The molecule has 1 heterocycles. The minimum atomic E-state index is -0.489. The van der Waals surface area contributed by atoms with E-state index in [1.165, 1.54) is 12.1 Å². The Morgan fingerprint density at radius 2 is 1.87 bits per heavy atom. The number of nitrogens with zero attached hydrogens (tertiary/aromatic N) is 2. The van der Waals surface area contributed by atoms with Crippen molar-refractivity contribution in [3.63, 3.8) is 0 Å². The van der Waals surface area contributed by atoms with Gasteiger partial charge in [-0.2, -0.15) is 0 Å². The molecule has 1 aliphatic heterocycles. The molecule has 30 heavy (non-hydrogen) atoms. The Morgan fingerprint density at radius 1 is 1.17 bits per heavy atom. The van der Waals surface area contributed by atoms with Crippen molar-refractivity contribution in [3.05, 3.63) is 74.2 Å². The lowest BCUT2D eigenvalue weighted by Crippen LogP contribution is -2.32. The second-order valence-electron chi connectivity index (χ2n) is 7.23. The van der Waals surface area contributed by atoms with Crippen LogP contribution in [0.4, 0.5) is 10.5 Å². The van der Waals surface area contributed by atoms with Crippen molar-refractivity contribution in [2.24, 2.45) is 0 Å². The van der Waals surface area contributed by atoms with Gasteiger partial charge in [-0.3, -0.25) is 24.6 Å². The fourth-order valence-electron chi connectivity index (χ4n) is 3.03. The second-order valence-corrected chi connectivity index (χ2v) is 8.22. The summed E-state index contributed by atoms with van der Waals surface area (Å²) in [7, 11) is 0. The molecule has 0 atom stereocenters. The summed E-state index contributed by atoms with van der Waals surface area (Å²) in [6.45, 7) is 6.49. The van der Waals surface area contributed by atoms with Gasteiger partial charge in [0.1, 0.15) is 12.4 Å². The zero-order valence-corrected chi connectivity index (χ0v) is 17.8. The maximum Gasteiger partial charge on any atom is 0.293 e. The van der Waals surface area contributed by atoms with E-state index in [4.69, 9.17) is 4.74 Å². The molecule has 0 radical (unpaired) electrons. The third kappa shape index (κ3) is 4.88. The number of carbonyl (C=O) groups excluding carboxylic acids is 2. The van der Waals surface area contributed by atoms with E-state index in [-0.39, 0.29) is 34.9 Å². The zero-order chi connectivity index (χ0) is 21.8. The van der Waals surface area contributed by atoms with Gasteiger partial charge < -0.3 is 4.74 Å². The fraction of sp³-hybridized carbons (Fsp3) is 0.273. The van der Waals surface area contributed by atoms with Crippen LogP contribution in [-0.2, 0) is 4.79 Å². The van der Waals surface area contributed by atoms with Crippen molar-refractivity contribution in [1.82, 2.24) is 4.90 Å². The Morgan fingerprint density at radius 3 is 2.50 bits per heavy atom. The molecule has 0 spiro atoms. The minimum Gasteiger partial charge on any atom is -0.491 e. The van der Waals surface area contributed by atoms with Gasteiger partial charge in [-0.25, -0.2) is 0 Å². The van der Waals surface area contributed by atoms with Crippen LogP contribution in [0.2, 0.25) is 0 Å². The molecule has 0 saturated carbocycles. The number of carbonyl (C=O) groups is 2. The van der Waals surface area contributed by atoms with Gasteiger partial charge in [-0.05, 0) is 65.6 Å². The Hall–Kier alpha value is -3.13. The van der Waals surface area contributed by atoms with Crippen molar-refractivity contribution in [3.8, 4) is 5.75 Å². The molecular formula is C22H22N2O5S. The van der Waals surface area contributed by atoms with Crippen molar-refractivity contribution >= 4 is 34.7 Å². The summed E-state index contributed by atoms with van der Waals surface area (Å²) < 4.78 is 5.89. The first-order chi connectivity index (χ1) is 14.3. The van der Waals surface area contributed by atoms with Gasteiger partial charge in [0.15, 0.2) is 0 Å². The number of rotatable bonds is 7. The van der Waals surface area contributed by atoms with Crippen LogP contribution in [0, 0.1) is 17.0 Å². The number of amides is 2. The summed E-state index contributed by atoms with van der Waals surface area (Å²) in [6.07, 6.45) is 1.56. The van der Waals surface area contributed by atoms with E-state index in [2.05, 4.69) is 13.8 Å². The third-order valence-electron chi connectivity index (χ3n) is 4.64. The molecule has 0 aliphatic carbocycles. The maximum atomic E-state index is 12.6. The summed E-state index contributed by atoms with van der Waals surface area (Å²) in [5.74, 6) is 0.668. The number of nitro groups is 1. The molecule has 7 nitrogen and oxygen atoms in total. The molecule has 1 saturated heterocycles. The van der Waals surface area contributed by atoms with Crippen LogP contribution in [0.1, 0.15) is 36.5 Å². The lowest BCUT2D eigenvalue weighted by atomic mass is 10.0. The number of thioether (sulfide) groups is 1. The molecule has 0 unspecified atom stereocenters. The summed E-state index contributed by atoms with van der Waals surface area (Å²) in [5.41, 5.74) is 2.73. The molecule has 0 bridgehead atoms. The first-order valence-electron chi connectivity index (χ1n) is 9.49. The highest BCUT2D eigenvalue weighted by atomic mass is 32.2. The monoisotopic (exact) mass is 426 g/mol. The molecule has 2 amide bonds. The highest BCUT2D eigenvalue weighted by Gasteiger charge is 2.34. The summed E-state index contributed by atoms with van der Waals surface area (Å²) in [5, 5.41) is 10.4. The van der Waals surface area contributed by atoms with Gasteiger partial charge in [0.25, 0.3) is 16.8 Å². The van der Waals surface area contributed by atoms with Crippen molar-refractivity contribution < 1.29 is 19.2 Å². The third-order valence-corrected chi connectivity index (χ3v) is 5.55. The number of benzene rings is 2. The Bertz CT molecular complexity index is 1010. The number of hydrogen-bond donors (Lipinski definition) is 0. The second kappa shape index (κ2) is 9.13. The van der Waals surface area contributed by atoms with E-state index in [1.807, 2.05) is 25.1 Å². The number of ether oxygens (including phenoxy) is 1. The molecule has 156 valence electrons. The molecule has 2 aromatic rings. The van der Waals surface area contributed by atoms with Gasteiger partial charge in [0.2, 0.25) is 0 Å². The van der Waals surface area contributed by atoms with Crippen molar-refractivity contribution in [1.29, 1.82) is 0 Å². The maximum absolute atomic E-state index is 12.6. The SMILES string of the molecule is Cc1ccc(C(C)C)c(OCCN2C(=O)S/C(=C\c3ccc([N+](=O)[O-])cc3)C2=O)c1. The van der Waals surface area contributed by atoms with Crippen LogP contribution in [0.3, 0.4) is 0 Å². The minimum absolute atomic E-state index is 0.0330. The highest BCUT2D eigenvalue weighted by Crippen LogP contribution is 2.33. The molecule has 0 N–H and O–H groups in total. The van der Waals surface area contributed by atoms with Crippen LogP contribution in [0.25, 0.3) is 6.08 Å². The summed E-state index contributed by atoms with van der Waals surface area (Å²) >= 11 is 0.853. The number of aryl methyl sites for hydroxylation is 1. The van der Waals surface area contributed by atoms with E-state index in [0.717, 1.165) is 33.5 Å². The van der Waals surface area contributed by atoms with Crippen molar-refractivity contribution in [2.75, 3.05) is 13.2 Å². The van der Waals surface area contributed by atoms with Crippen LogP contribution in [-0.4, -0.2) is 34.1 Å². The molecule has 0 aromatic heterocycles. The molecule has 1 fully saturated rings. The van der Waals surface area contributed by atoms with E-state index in [0.29, 0.717) is 11.5 Å². The molecule has 2 aromatic carbocycles. The summed E-state index contributed by atoms with van der Waals surface area (Å²) in [6, 6.07) is 11.8. The van der Waals surface area contributed by atoms with E-state index < -0.39 is 4.92 Å². The van der Waals surface area contributed by atoms with E-state index >= 15 is 0 Å². The van der Waals surface area contributed by atoms with Crippen LogP contribution < -0.4 is 4.74 Å². The number of non-ortho nitro benzene ring substituents is 1. The van der Waals surface area contributed by atoms with Gasteiger partial charge in [0.05, 0.1) is 16.4 Å². The molecule has 8 heteroatoms. The number of hydrogen-bond acceptors (Lipinski definition) is 6. The highest BCUT2D eigenvalue weighted by molar-refractivity contribution is 8.18. The van der Waals surface area contributed by atoms with Gasteiger partial charge >= 0.3 is 0 Å². The van der Waals surface area contributed by atoms with Crippen LogP contribution in [0.5, 0.6) is 5.75 Å². The Kier molecular flexibility index (Phi) is 6.56. The molecule has 3 rings (SSSR count). The van der Waals surface area contributed by atoms with Gasteiger partial charge in [-0.1, -0.05) is 26.0 Å². The van der Waals surface area contributed by atoms with Crippen LogP contribution in [0.15, 0.2) is 47.4 Å². The number of imide groups is 1. The lowest BCUT2D eigenvalue weighted by Gasteiger charge is -2.17. The largest absolute Gasteiger partial charge is 0.491 e. The fourth-order valence-corrected chi connectivity index (χ4v) is 3.89. The molecular weight excluding hydrogens is 404 g/mol. The average Bonchev–Trinajstić information content (AvgIpc) is 2.95. The Labute approximate surface area is 178 Å². The predicted octanol–water partition coefficient (Wildman–Crippen LogP) is 5.14. The van der Waals surface area contributed by atoms with E-state index in [9.17, 15) is 19.7 Å². The van der Waals surface area contributed by atoms with Gasteiger partial charge in [0, 0.05) is 12.1 Å². The Balaban J connectivity index is 1.66. The standard InChI is InChI=1S/C22H22N2O5S/c1-14(2)18-9-4-15(3)12-19(18)29-11-10-23-21(25)20(30-22(23)26)13-16-5-7-17(8-6-16)24(27)28/h4-9,12-14H,10-11H2,1-3H3/b20-13-. The first kappa shape index (κ1) is 21.6. The van der Waals surface area contributed by atoms with Gasteiger partial charge in [-0.15, -0.1) is 0 Å². The quantitative estimate of drug-likeness (QED) is 0.346. The topological polar surface area (TPSA) is 89.8 Å². The predicted molar refractivity (Wildman–Crippen MR) is 117 cm³/mol. The lowest BCUT2D eigenvalue weighted by molar-refractivity contribution is -0.384. The zero-order valence-electron chi connectivity index (χ0n) is 17.0.